The Morgan fingerprint density at radius 1 is 1.16 bits per heavy atom. The predicted molar refractivity (Wildman–Crippen MR) is 120 cm³/mol. The third-order valence-electron chi connectivity index (χ3n) is 10.6. The highest BCUT2D eigenvalue weighted by Crippen LogP contribution is 2.75. The van der Waals surface area contributed by atoms with Crippen molar-refractivity contribution < 1.29 is 30.0 Å². The fraction of sp³-hybridized carbons (Fsp3) is 0.885. The summed E-state index contributed by atoms with van der Waals surface area (Å²) in [6.07, 6.45) is -0.126. The summed E-state index contributed by atoms with van der Waals surface area (Å²) < 4.78 is 5.90. The Labute approximate surface area is 192 Å². The van der Waals surface area contributed by atoms with Crippen molar-refractivity contribution in [2.75, 3.05) is 6.61 Å². The van der Waals surface area contributed by atoms with Gasteiger partial charge in [0.25, 0.3) is 0 Å². The molecule has 4 aliphatic carbocycles. The zero-order chi connectivity index (χ0) is 24.0. The maximum atomic E-state index is 12.8. The van der Waals surface area contributed by atoms with Gasteiger partial charge in [-0.15, -0.1) is 0 Å². The van der Waals surface area contributed by atoms with Crippen molar-refractivity contribution >= 4 is 5.97 Å². The largest absolute Gasteiger partial charge is 0.456 e. The summed E-state index contributed by atoms with van der Waals surface area (Å²) in [4.78, 5) is 12.8. The number of esters is 1. The minimum Gasteiger partial charge on any atom is -0.456 e. The highest BCUT2D eigenvalue weighted by atomic mass is 16.6. The number of carbonyl (C=O) groups excluding carboxylic acids is 1. The number of allylic oxidation sites excluding steroid dienone is 1. The van der Waals surface area contributed by atoms with E-state index in [1.54, 1.807) is 19.9 Å². The van der Waals surface area contributed by atoms with Crippen LogP contribution in [0.4, 0.5) is 0 Å². The van der Waals surface area contributed by atoms with E-state index in [9.17, 15) is 25.2 Å². The van der Waals surface area contributed by atoms with E-state index < -0.39 is 41.2 Å². The highest BCUT2D eigenvalue weighted by Gasteiger charge is 2.79. The van der Waals surface area contributed by atoms with Gasteiger partial charge < -0.3 is 25.2 Å². The molecule has 12 atom stereocenters. The number of fused-ring (bicyclic) bond motifs is 3. The minimum absolute atomic E-state index is 0.0740. The van der Waals surface area contributed by atoms with Gasteiger partial charge in [0.1, 0.15) is 11.7 Å². The van der Waals surface area contributed by atoms with Gasteiger partial charge in [-0.05, 0) is 67.6 Å². The van der Waals surface area contributed by atoms with Crippen LogP contribution in [-0.4, -0.2) is 56.9 Å². The van der Waals surface area contributed by atoms with Crippen molar-refractivity contribution in [1.29, 1.82) is 0 Å². The lowest BCUT2D eigenvalue weighted by Gasteiger charge is -2.52. The molecular formula is C26H42O6. The van der Waals surface area contributed by atoms with Crippen molar-refractivity contribution in [3.8, 4) is 0 Å². The summed E-state index contributed by atoms with van der Waals surface area (Å²) in [5, 5.41) is 46.7. The molecule has 4 unspecified atom stereocenters. The Hall–Kier alpha value is -0.950. The zero-order valence-corrected chi connectivity index (χ0v) is 20.6. The van der Waals surface area contributed by atoms with E-state index in [2.05, 4.69) is 20.8 Å². The molecule has 6 heteroatoms. The Morgan fingerprint density at radius 2 is 1.78 bits per heavy atom. The van der Waals surface area contributed by atoms with Crippen LogP contribution in [-0.2, 0) is 9.53 Å². The molecule has 182 valence electrons. The Balaban J connectivity index is 1.89. The summed E-state index contributed by atoms with van der Waals surface area (Å²) in [6, 6.07) is 0. The van der Waals surface area contributed by atoms with E-state index in [0.717, 1.165) is 6.42 Å². The molecule has 32 heavy (non-hydrogen) atoms. The predicted octanol–water partition coefficient (Wildman–Crippen LogP) is 2.53. The summed E-state index contributed by atoms with van der Waals surface area (Å²) in [7, 11) is 0. The quantitative estimate of drug-likeness (QED) is 0.389. The third kappa shape index (κ3) is 2.76. The molecule has 0 aromatic carbocycles. The topological polar surface area (TPSA) is 107 Å². The van der Waals surface area contributed by atoms with E-state index in [4.69, 9.17) is 4.74 Å². The fourth-order valence-corrected chi connectivity index (χ4v) is 8.63. The molecule has 4 saturated carbocycles. The van der Waals surface area contributed by atoms with Crippen LogP contribution >= 0.6 is 0 Å². The van der Waals surface area contributed by atoms with Gasteiger partial charge in [-0.3, -0.25) is 0 Å². The van der Waals surface area contributed by atoms with Crippen LogP contribution in [0.15, 0.2) is 11.6 Å². The maximum absolute atomic E-state index is 12.8. The summed E-state index contributed by atoms with van der Waals surface area (Å²) in [5.74, 6) is -1.06. The van der Waals surface area contributed by atoms with Gasteiger partial charge in [-0.1, -0.05) is 40.7 Å². The smallest absolute Gasteiger partial charge is 0.333 e. The zero-order valence-electron chi connectivity index (χ0n) is 20.6. The lowest BCUT2D eigenvalue weighted by atomic mass is 9.58. The average Bonchev–Trinajstić information content (AvgIpc) is 3.21. The number of carbonyl (C=O) groups is 1. The number of hydrogen-bond donors (Lipinski definition) is 4. The monoisotopic (exact) mass is 450 g/mol. The normalized spacial score (nSPS) is 54.2. The molecule has 0 aromatic heterocycles. The number of ether oxygens (including phenoxy) is 1. The first kappa shape index (κ1) is 24.2. The molecular weight excluding hydrogens is 408 g/mol. The molecule has 0 heterocycles. The molecule has 4 rings (SSSR count). The van der Waals surface area contributed by atoms with E-state index in [-0.39, 0.29) is 41.6 Å². The van der Waals surface area contributed by atoms with Crippen LogP contribution < -0.4 is 0 Å². The molecule has 0 aliphatic heterocycles. The molecule has 0 radical (unpaired) electrons. The molecule has 0 aromatic rings. The first-order valence-corrected chi connectivity index (χ1v) is 12.4. The van der Waals surface area contributed by atoms with Gasteiger partial charge in [0.2, 0.25) is 0 Å². The second kappa shape index (κ2) is 7.53. The molecule has 2 bridgehead atoms. The summed E-state index contributed by atoms with van der Waals surface area (Å²) >= 11 is 0. The van der Waals surface area contributed by atoms with Crippen LogP contribution in [0.3, 0.4) is 0 Å². The van der Waals surface area contributed by atoms with Crippen molar-refractivity contribution in [1.82, 2.24) is 0 Å². The first-order chi connectivity index (χ1) is 14.8. The maximum Gasteiger partial charge on any atom is 0.333 e. The minimum atomic E-state index is -1.84. The molecule has 4 fully saturated rings. The van der Waals surface area contributed by atoms with Crippen LogP contribution in [0.25, 0.3) is 0 Å². The van der Waals surface area contributed by atoms with E-state index in [1.165, 1.54) is 0 Å². The van der Waals surface area contributed by atoms with Crippen molar-refractivity contribution in [3.05, 3.63) is 11.6 Å². The SMILES string of the molecule is C/C=C(/C)C(=O)OC1C(C)C[C@@]23C(O)[C@H]([C@H]4[C@@H](C[C@H]2C)C4(C)C)[C@@H](C)C(CO)[C@@H](O)[C@]13O. The molecule has 4 N–H and O–H groups in total. The second-order valence-electron chi connectivity index (χ2n) is 12.1. The van der Waals surface area contributed by atoms with Gasteiger partial charge in [0.05, 0.1) is 12.2 Å². The first-order valence-electron chi connectivity index (χ1n) is 12.4. The molecule has 1 spiro atoms. The Bertz CT molecular complexity index is 806. The van der Waals surface area contributed by atoms with Crippen LogP contribution in [0, 0.1) is 52.3 Å². The molecule has 6 nitrogen and oxygen atoms in total. The number of aliphatic hydroxyl groups is 4. The molecule has 0 amide bonds. The van der Waals surface area contributed by atoms with Crippen LogP contribution in [0.2, 0.25) is 0 Å². The van der Waals surface area contributed by atoms with Gasteiger partial charge >= 0.3 is 5.97 Å². The van der Waals surface area contributed by atoms with Crippen molar-refractivity contribution in [2.45, 2.75) is 85.2 Å². The number of aliphatic hydroxyl groups excluding tert-OH is 3. The second-order valence-corrected chi connectivity index (χ2v) is 12.1. The van der Waals surface area contributed by atoms with E-state index in [1.807, 2.05) is 13.8 Å². The van der Waals surface area contributed by atoms with Crippen molar-refractivity contribution in [2.24, 2.45) is 52.3 Å². The lowest BCUT2D eigenvalue weighted by molar-refractivity contribution is -0.243. The van der Waals surface area contributed by atoms with Crippen LogP contribution in [0.1, 0.15) is 61.3 Å². The van der Waals surface area contributed by atoms with Gasteiger partial charge in [-0.2, -0.15) is 0 Å². The Morgan fingerprint density at radius 3 is 2.34 bits per heavy atom. The van der Waals surface area contributed by atoms with Gasteiger partial charge in [0.15, 0.2) is 0 Å². The summed E-state index contributed by atoms with van der Waals surface area (Å²) in [5.41, 5.74) is -2.33. The standard InChI is InChI=1S/C26H42O6/c1-8-12(2)23(30)32-22-13(3)10-25-14(4)9-17-19(24(17,6)7)18(21(25)29)15(5)16(11-27)20(28)26(22,25)31/h8,13-22,27-29,31H,9-11H2,1-7H3/b12-8-/t13?,14-,15+,16?,17-,18+,19-,20-,21?,22?,25+,26+/m1/s1. The van der Waals surface area contributed by atoms with Gasteiger partial charge in [0, 0.05) is 23.5 Å². The lowest BCUT2D eigenvalue weighted by Crippen LogP contribution is -2.66. The van der Waals surface area contributed by atoms with Crippen LogP contribution in [0.5, 0.6) is 0 Å². The average molecular weight is 451 g/mol. The molecule has 0 saturated heterocycles. The number of rotatable bonds is 3. The summed E-state index contributed by atoms with van der Waals surface area (Å²) in [6.45, 7) is 13.6. The van der Waals surface area contributed by atoms with E-state index >= 15 is 0 Å². The fourth-order valence-electron chi connectivity index (χ4n) is 8.63. The van der Waals surface area contributed by atoms with E-state index in [0.29, 0.717) is 17.9 Å². The third-order valence-corrected chi connectivity index (χ3v) is 10.6. The Kier molecular flexibility index (Phi) is 5.69. The number of hydrogen-bond acceptors (Lipinski definition) is 6. The van der Waals surface area contributed by atoms with Crippen molar-refractivity contribution in [3.63, 3.8) is 0 Å². The molecule has 4 aliphatic rings. The highest BCUT2D eigenvalue weighted by molar-refractivity contribution is 5.87. The van der Waals surface area contributed by atoms with Gasteiger partial charge in [-0.25, -0.2) is 4.79 Å².